The summed E-state index contributed by atoms with van der Waals surface area (Å²) in [5.74, 6) is 1.17. The van der Waals surface area contributed by atoms with Crippen LogP contribution in [0.15, 0.2) is 42.9 Å². The zero-order valence-corrected chi connectivity index (χ0v) is 10.8. The van der Waals surface area contributed by atoms with Crippen molar-refractivity contribution in [1.82, 2.24) is 15.0 Å². The van der Waals surface area contributed by atoms with Gasteiger partial charge in [-0.3, -0.25) is 4.98 Å². The number of anilines is 1. The summed E-state index contributed by atoms with van der Waals surface area (Å²) in [4.78, 5) is 12.2. The highest BCUT2D eigenvalue weighted by atomic mass is 16.5. The molecule has 2 N–H and O–H groups in total. The van der Waals surface area contributed by atoms with Gasteiger partial charge in [0, 0.05) is 11.6 Å². The summed E-state index contributed by atoms with van der Waals surface area (Å²) in [5, 5.41) is 0.881. The lowest BCUT2D eigenvalue weighted by Gasteiger charge is -2.10. The molecule has 0 amide bonds. The molecule has 0 radical (unpaired) electrons. The number of nitrogen functional groups attached to an aromatic ring is 1. The van der Waals surface area contributed by atoms with Crippen LogP contribution in [0.4, 0.5) is 5.69 Å². The molecule has 2 heterocycles. The fourth-order valence-electron chi connectivity index (χ4n) is 1.88. The van der Waals surface area contributed by atoms with Crippen molar-refractivity contribution < 1.29 is 9.47 Å². The first-order valence-corrected chi connectivity index (χ1v) is 5.95. The zero-order chi connectivity index (χ0) is 13.9. The number of nitrogens with zero attached hydrogens (tertiary/aromatic N) is 3. The van der Waals surface area contributed by atoms with Gasteiger partial charge in [0.15, 0.2) is 5.69 Å². The lowest BCUT2D eigenvalue weighted by Crippen LogP contribution is -2.00. The van der Waals surface area contributed by atoms with Crippen LogP contribution in [0.25, 0.3) is 10.9 Å². The summed E-state index contributed by atoms with van der Waals surface area (Å²) in [6.07, 6.45) is 3.07. The first-order valence-electron chi connectivity index (χ1n) is 5.95. The maximum atomic E-state index is 5.90. The lowest BCUT2D eigenvalue weighted by molar-refractivity contribution is 0.392. The summed E-state index contributed by atoms with van der Waals surface area (Å²) in [6.45, 7) is 0. The number of methoxy groups -OCH3 is 1. The summed E-state index contributed by atoms with van der Waals surface area (Å²) in [5.41, 5.74) is 6.99. The number of benzene rings is 1. The van der Waals surface area contributed by atoms with Crippen LogP contribution in [0.2, 0.25) is 0 Å². The van der Waals surface area contributed by atoms with Crippen molar-refractivity contribution in [3.8, 4) is 17.5 Å². The molecule has 0 aliphatic heterocycles. The Balaban J connectivity index is 2.06. The van der Waals surface area contributed by atoms with Crippen LogP contribution in [-0.4, -0.2) is 22.1 Å². The summed E-state index contributed by atoms with van der Waals surface area (Å²) in [7, 11) is 1.49. The van der Waals surface area contributed by atoms with Gasteiger partial charge in [0.2, 0.25) is 11.8 Å². The molecule has 0 atom stereocenters. The molecule has 6 heteroatoms. The summed E-state index contributed by atoms with van der Waals surface area (Å²) < 4.78 is 10.8. The second kappa shape index (κ2) is 5.00. The Bertz CT molecular complexity index is 756. The number of pyridine rings is 1. The van der Waals surface area contributed by atoms with E-state index in [1.54, 1.807) is 6.20 Å². The van der Waals surface area contributed by atoms with Crippen LogP contribution >= 0.6 is 0 Å². The Morgan fingerprint density at radius 2 is 1.85 bits per heavy atom. The summed E-state index contributed by atoms with van der Waals surface area (Å²) >= 11 is 0. The second-order valence-electron chi connectivity index (χ2n) is 4.03. The van der Waals surface area contributed by atoms with Crippen LogP contribution in [-0.2, 0) is 0 Å². The predicted molar refractivity (Wildman–Crippen MR) is 74.8 cm³/mol. The minimum Gasteiger partial charge on any atom is -0.479 e. The van der Waals surface area contributed by atoms with E-state index in [0.29, 0.717) is 5.75 Å². The first-order chi connectivity index (χ1) is 9.79. The SMILES string of the molecule is COc1ncnc(Oc2cccc3ncccc23)c1N. The quantitative estimate of drug-likeness (QED) is 0.785. The topological polar surface area (TPSA) is 83.2 Å². The van der Waals surface area contributed by atoms with Gasteiger partial charge < -0.3 is 15.2 Å². The van der Waals surface area contributed by atoms with Crippen molar-refractivity contribution in [1.29, 1.82) is 0 Å². The Morgan fingerprint density at radius 1 is 1.00 bits per heavy atom. The Morgan fingerprint density at radius 3 is 2.70 bits per heavy atom. The molecule has 0 spiro atoms. The van der Waals surface area contributed by atoms with Gasteiger partial charge in [-0.1, -0.05) is 6.07 Å². The van der Waals surface area contributed by atoms with E-state index in [-0.39, 0.29) is 17.4 Å². The van der Waals surface area contributed by atoms with E-state index < -0.39 is 0 Å². The molecule has 3 rings (SSSR count). The predicted octanol–water partition coefficient (Wildman–Crippen LogP) is 2.41. The van der Waals surface area contributed by atoms with Crippen molar-refractivity contribution >= 4 is 16.6 Å². The number of aromatic nitrogens is 3. The van der Waals surface area contributed by atoms with Gasteiger partial charge in [-0.2, -0.15) is 9.97 Å². The Labute approximate surface area is 115 Å². The largest absolute Gasteiger partial charge is 0.479 e. The second-order valence-corrected chi connectivity index (χ2v) is 4.03. The van der Waals surface area contributed by atoms with Crippen LogP contribution in [0, 0.1) is 0 Å². The number of rotatable bonds is 3. The highest BCUT2D eigenvalue weighted by Crippen LogP contribution is 2.33. The molecule has 0 bridgehead atoms. The lowest BCUT2D eigenvalue weighted by atomic mass is 10.2. The van der Waals surface area contributed by atoms with Gasteiger partial charge in [-0.05, 0) is 24.3 Å². The molecule has 3 aromatic rings. The third-order valence-corrected chi connectivity index (χ3v) is 2.82. The molecule has 0 saturated heterocycles. The van der Waals surface area contributed by atoms with Gasteiger partial charge in [-0.25, -0.2) is 0 Å². The third kappa shape index (κ3) is 2.07. The smallest absolute Gasteiger partial charge is 0.249 e. The average Bonchev–Trinajstić information content (AvgIpc) is 2.50. The normalized spacial score (nSPS) is 10.4. The number of nitrogens with two attached hydrogens (primary N) is 1. The molecule has 6 nitrogen and oxygen atoms in total. The average molecular weight is 268 g/mol. The van der Waals surface area contributed by atoms with Crippen molar-refractivity contribution in [2.45, 2.75) is 0 Å². The monoisotopic (exact) mass is 268 g/mol. The minimum atomic E-state index is 0.258. The van der Waals surface area contributed by atoms with E-state index >= 15 is 0 Å². The number of hydrogen-bond acceptors (Lipinski definition) is 6. The number of hydrogen-bond donors (Lipinski definition) is 1. The molecule has 20 heavy (non-hydrogen) atoms. The van der Waals surface area contributed by atoms with Gasteiger partial charge >= 0.3 is 0 Å². The summed E-state index contributed by atoms with van der Waals surface area (Å²) in [6, 6.07) is 9.37. The molecule has 0 fully saturated rings. The molecule has 0 aliphatic rings. The van der Waals surface area contributed by atoms with E-state index in [1.807, 2.05) is 30.3 Å². The minimum absolute atomic E-state index is 0.258. The fraction of sp³-hybridized carbons (Fsp3) is 0.0714. The third-order valence-electron chi connectivity index (χ3n) is 2.82. The van der Waals surface area contributed by atoms with E-state index in [1.165, 1.54) is 13.4 Å². The molecule has 0 unspecified atom stereocenters. The van der Waals surface area contributed by atoms with E-state index in [9.17, 15) is 0 Å². The van der Waals surface area contributed by atoms with Crippen LogP contribution in [0.1, 0.15) is 0 Å². The standard InChI is InChI=1S/C14H12N4O2/c1-19-13-12(15)14(18-8-17-13)20-11-6-2-5-10-9(11)4-3-7-16-10/h2-8H,15H2,1H3. The highest BCUT2D eigenvalue weighted by Gasteiger charge is 2.12. The van der Waals surface area contributed by atoms with Crippen molar-refractivity contribution in [3.05, 3.63) is 42.9 Å². The first kappa shape index (κ1) is 12.2. The van der Waals surface area contributed by atoms with Gasteiger partial charge in [0.05, 0.1) is 12.6 Å². The number of fused-ring (bicyclic) bond motifs is 1. The van der Waals surface area contributed by atoms with Crippen LogP contribution in [0.3, 0.4) is 0 Å². The van der Waals surface area contributed by atoms with Crippen molar-refractivity contribution in [2.24, 2.45) is 0 Å². The maximum absolute atomic E-state index is 5.90. The van der Waals surface area contributed by atoms with Gasteiger partial charge in [0.25, 0.3) is 0 Å². The fourth-order valence-corrected chi connectivity index (χ4v) is 1.88. The van der Waals surface area contributed by atoms with Crippen molar-refractivity contribution in [3.63, 3.8) is 0 Å². The highest BCUT2D eigenvalue weighted by molar-refractivity contribution is 5.85. The van der Waals surface area contributed by atoms with Gasteiger partial charge in [-0.15, -0.1) is 0 Å². The van der Waals surface area contributed by atoms with E-state index in [4.69, 9.17) is 15.2 Å². The zero-order valence-electron chi connectivity index (χ0n) is 10.8. The number of ether oxygens (including phenoxy) is 2. The molecular formula is C14H12N4O2. The molecule has 0 saturated carbocycles. The van der Waals surface area contributed by atoms with Crippen molar-refractivity contribution in [2.75, 3.05) is 12.8 Å². The van der Waals surface area contributed by atoms with Crippen LogP contribution < -0.4 is 15.2 Å². The molecule has 0 aliphatic carbocycles. The van der Waals surface area contributed by atoms with E-state index in [2.05, 4.69) is 15.0 Å². The molecule has 100 valence electrons. The Kier molecular flexibility index (Phi) is 3.04. The maximum Gasteiger partial charge on any atom is 0.249 e. The van der Waals surface area contributed by atoms with Crippen LogP contribution in [0.5, 0.6) is 17.5 Å². The Hall–Kier alpha value is -2.89. The molecular weight excluding hydrogens is 256 g/mol. The van der Waals surface area contributed by atoms with E-state index in [0.717, 1.165) is 10.9 Å². The molecule has 1 aromatic carbocycles. The molecule has 2 aromatic heterocycles. The van der Waals surface area contributed by atoms with Gasteiger partial charge in [0.1, 0.15) is 12.1 Å².